The van der Waals surface area contributed by atoms with Crippen LogP contribution < -0.4 is 16.2 Å². The normalized spacial score (nSPS) is 13.9. The Morgan fingerprint density at radius 3 is 2.57 bits per heavy atom. The highest BCUT2D eigenvalue weighted by atomic mass is 32.2. The molecule has 0 saturated heterocycles. The van der Waals surface area contributed by atoms with Crippen molar-refractivity contribution in [1.82, 2.24) is 24.5 Å². The molecule has 0 radical (unpaired) electrons. The number of nitrogens with zero attached hydrogens (tertiary/aromatic N) is 4. The molecule has 0 bridgehead atoms. The Hall–Kier alpha value is -3.66. The van der Waals surface area contributed by atoms with Gasteiger partial charge < -0.3 is 10.6 Å². The van der Waals surface area contributed by atoms with Gasteiger partial charge >= 0.3 is 0 Å². The first-order valence-corrected chi connectivity index (χ1v) is 13.6. The summed E-state index contributed by atoms with van der Waals surface area (Å²) in [5.74, 6) is 0.187. The number of thioether (sulfide) groups is 1. The van der Waals surface area contributed by atoms with Crippen molar-refractivity contribution >= 4 is 45.9 Å². The lowest BCUT2D eigenvalue weighted by atomic mass is 10.1. The van der Waals surface area contributed by atoms with Crippen LogP contribution in [0, 0.1) is 6.92 Å². The fourth-order valence-electron chi connectivity index (χ4n) is 4.74. The van der Waals surface area contributed by atoms with Gasteiger partial charge in [-0.2, -0.15) is 0 Å². The van der Waals surface area contributed by atoms with E-state index in [2.05, 4.69) is 20.8 Å². The monoisotopic (exact) mass is 518 g/mol. The molecule has 2 aromatic carbocycles. The smallest absolute Gasteiger partial charge is 0.262 e. The van der Waals surface area contributed by atoms with Gasteiger partial charge in [0.2, 0.25) is 11.7 Å². The Bertz CT molecular complexity index is 1520. The maximum Gasteiger partial charge on any atom is 0.262 e. The Labute approximate surface area is 218 Å². The highest BCUT2D eigenvalue weighted by Gasteiger charge is 2.21. The van der Waals surface area contributed by atoms with Gasteiger partial charge in [-0.1, -0.05) is 49.2 Å². The van der Waals surface area contributed by atoms with Gasteiger partial charge in [0.15, 0.2) is 5.16 Å². The van der Waals surface area contributed by atoms with Crippen molar-refractivity contribution in [1.29, 1.82) is 0 Å². The second kappa shape index (κ2) is 10.8. The highest BCUT2D eigenvalue weighted by Crippen LogP contribution is 2.24. The number of aryl methyl sites for hydroxylation is 2. The van der Waals surface area contributed by atoms with Gasteiger partial charge in [0, 0.05) is 23.8 Å². The van der Waals surface area contributed by atoms with Crippen LogP contribution in [0.2, 0.25) is 0 Å². The SMILES string of the molecule is CCCn1c(=O)c2ccc(C(=O)NC3CCCC3)cc2n2c(SCC(=O)Nc3ccc(C)cc3)nnc12. The first kappa shape index (κ1) is 25.0. The minimum Gasteiger partial charge on any atom is -0.349 e. The third-order valence-electron chi connectivity index (χ3n) is 6.64. The van der Waals surface area contributed by atoms with Crippen molar-refractivity contribution in [2.75, 3.05) is 11.1 Å². The van der Waals surface area contributed by atoms with Crippen LogP contribution in [-0.2, 0) is 11.3 Å². The second-order valence-electron chi connectivity index (χ2n) is 9.46. The molecule has 1 saturated carbocycles. The number of aromatic nitrogens is 4. The van der Waals surface area contributed by atoms with Crippen molar-refractivity contribution in [2.24, 2.45) is 0 Å². The van der Waals surface area contributed by atoms with Crippen LogP contribution >= 0.6 is 11.8 Å². The minimum absolute atomic E-state index is 0.116. The Balaban J connectivity index is 1.48. The van der Waals surface area contributed by atoms with E-state index < -0.39 is 0 Å². The zero-order valence-electron chi connectivity index (χ0n) is 21.0. The Morgan fingerprint density at radius 1 is 1.08 bits per heavy atom. The van der Waals surface area contributed by atoms with Crippen LogP contribution in [0.3, 0.4) is 0 Å². The van der Waals surface area contributed by atoms with Gasteiger partial charge in [-0.25, -0.2) is 0 Å². The molecule has 192 valence electrons. The number of rotatable bonds is 8. The predicted octanol–water partition coefficient (Wildman–Crippen LogP) is 4.17. The molecule has 0 spiro atoms. The fraction of sp³-hybridized carbons (Fsp3) is 0.370. The first-order valence-electron chi connectivity index (χ1n) is 12.7. The molecule has 5 rings (SSSR count). The van der Waals surface area contributed by atoms with E-state index in [0.717, 1.165) is 43.4 Å². The van der Waals surface area contributed by atoms with Crippen molar-refractivity contribution < 1.29 is 9.59 Å². The molecule has 10 heteroatoms. The number of anilines is 1. The standard InChI is InChI=1S/C27H30N6O3S/c1-3-14-32-25(36)21-13-10-18(24(35)29-19-6-4-5-7-19)15-22(21)33-26(32)30-31-27(33)37-16-23(34)28-20-11-8-17(2)9-12-20/h8-13,15,19H,3-7,14,16H2,1-2H3,(H,28,34)(H,29,35). The Kier molecular flexibility index (Phi) is 7.27. The fourth-order valence-corrected chi connectivity index (χ4v) is 5.48. The number of hydrogen-bond acceptors (Lipinski definition) is 6. The van der Waals surface area contributed by atoms with Gasteiger partial charge in [0.05, 0.1) is 16.7 Å². The van der Waals surface area contributed by atoms with E-state index >= 15 is 0 Å². The molecular formula is C27H30N6O3S. The van der Waals surface area contributed by atoms with E-state index in [1.807, 2.05) is 38.1 Å². The summed E-state index contributed by atoms with van der Waals surface area (Å²) in [5, 5.41) is 15.6. The molecule has 2 aromatic heterocycles. The zero-order valence-corrected chi connectivity index (χ0v) is 21.8. The van der Waals surface area contributed by atoms with Crippen LogP contribution in [0.1, 0.15) is 54.9 Å². The summed E-state index contributed by atoms with van der Waals surface area (Å²) >= 11 is 1.24. The quantitative estimate of drug-likeness (QED) is 0.339. The predicted molar refractivity (Wildman–Crippen MR) is 145 cm³/mol. The number of carbonyl (C=O) groups excluding carboxylic acids is 2. The van der Waals surface area contributed by atoms with Gasteiger partial charge in [-0.05, 0) is 56.5 Å². The Morgan fingerprint density at radius 2 is 1.84 bits per heavy atom. The number of carbonyl (C=O) groups is 2. The van der Waals surface area contributed by atoms with E-state index in [-0.39, 0.29) is 29.2 Å². The molecule has 4 aromatic rings. The van der Waals surface area contributed by atoms with Gasteiger partial charge in [0.1, 0.15) is 0 Å². The average Bonchev–Trinajstić information content (AvgIpc) is 3.56. The first-order chi connectivity index (χ1) is 17.9. The molecule has 1 aliphatic carbocycles. The molecule has 9 nitrogen and oxygen atoms in total. The lowest BCUT2D eigenvalue weighted by molar-refractivity contribution is -0.113. The van der Waals surface area contributed by atoms with Crippen LogP contribution in [0.4, 0.5) is 5.69 Å². The lowest BCUT2D eigenvalue weighted by Gasteiger charge is -2.14. The number of benzene rings is 2. The van der Waals surface area contributed by atoms with E-state index in [9.17, 15) is 14.4 Å². The summed E-state index contributed by atoms with van der Waals surface area (Å²) in [6.45, 7) is 4.47. The molecule has 2 heterocycles. The summed E-state index contributed by atoms with van der Waals surface area (Å²) in [7, 11) is 0. The molecule has 1 aliphatic rings. The molecule has 2 N–H and O–H groups in total. The van der Waals surface area contributed by atoms with Crippen LogP contribution in [0.15, 0.2) is 52.4 Å². The summed E-state index contributed by atoms with van der Waals surface area (Å²) in [5.41, 5.74) is 2.70. The molecule has 0 atom stereocenters. The summed E-state index contributed by atoms with van der Waals surface area (Å²) in [6.07, 6.45) is 4.97. The molecule has 1 fully saturated rings. The van der Waals surface area contributed by atoms with Crippen LogP contribution in [-0.4, -0.2) is 42.8 Å². The van der Waals surface area contributed by atoms with Crippen molar-refractivity contribution in [2.45, 2.75) is 63.7 Å². The molecule has 0 aliphatic heterocycles. The minimum atomic E-state index is -0.173. The van der Waals surface area contributed by atoms with Crippen LogP contribution in [0.25, 0.3) is 16.7 Å². The van der Waals surface area contributed by atoms with Crippen molar-refractivity contribution in [3.8, 4) is 0 Å². The van der Waals surface area contributed by atoms with E-state index in [1.54, 1.807) is 27.2 Å². The second-order valence-corrected chi connectivity index (χ2v) is 10.4. The van der Waals surface area contributed by atoms with Gasteiger partial charge in [0.25, 0.3) is 11.5 Å². The maximum atomic E-state index is 13.3. The largest absolute Gasteiger partial charge is 0.349 e. The van der Waals surface area contributed by atoms with Crippen molar-refractivity contribution in [3.05, 3.63) is 63.9 Å². The van der Waals surface area contributed by atoms with E-state index in [0.29, 0.717) is 33.9 Å². The highest BCUT2D eigenvalue weighted by molar-refractivity contribution is 7.99. The molecule has 37 heavy (non-hydrogen) atoms. The third kappa shape index (κ3) is 5.24. The summed E-state index contributed by atoms with van der Waals surface area (Å²) in [6, 6.07) is 12.9. The van der Waals surface area contributed by atoms with Gasteiger partial charge in [-0.3, -0.25) is 23.4 Å². The molecule has 0 unspecified atom stereocenters. The zero-order chi connectivity index (χ0) is 25.9. The summed E-state index contributed by atoms with van der Waals surface area (Å²) < 4.78 is 3.38. The van der Waals surface area contributed by atoms with E-state index in [4.69, 9.17) is 0 Å². The number of amides is 2. The summed E-state index contributed by atoms with van der Waals surface area (Å²) in [4.78, 5) is 38.9. The van der Waals surface area contributed by atoms with Crippen LogP contribution in [0.5, 0.6) is 0 Å². The maximum absolute atomic E-state index is 13.3. The average molecular weight is 519 g/mol. The number of hydrogen-bond donors (Lipinski definition) is 2. The molecular weight excluding hydrogens is 488 g/mol. The lowest BCUT2D eigenvalue weighted by Crippen LogP contribution is -2.32. The number of fused-ring (bicyclic) bond motifs is 3. The topological polar surface area (TPSA) is 110 Å². The van der Waals surface area contributed by atoms with Crippen molar-refractivity contribution in [3.63, 3.8) is 0 Å². The third-order valence-corrected chi connectivity index (χ3v) is 7.57. The van der Waals surface area contributed by atoms with E-state index in [1.165, 1.54) is 11.8 Å². The number of nitrogens with one attached hydrogen (secondary N) is 2. The van der Waals surface area contributed by atoms with Gasteiger partial charge in [-0.15, -0.1) is 10.2 Å². The molecule has 2 amide bonds.